The fraction of sp³-hybridized carbons (Fsp3) is 0.450. The van der Waals surface area contributed by atoms with E-state index in [9.17, 15) is 4.79 Å². The van der Waals surface area contributed by atoms with Gasteiger partial charge >= 0.3 is 0 Å². The lowest BCUT2D eigenvalue weighted by atomic mass is 9.95. The highest BCUT2D eigenvalue weighted by Gasteiger charge is 2.18. The second kappa shape index (κ2) is 7.64. The van der Waals surface area contributed by atoms with Crippen LogP contribution in [0, 0.1) is 20.8 Å². The lowest BCUT2D eigenvalue weighted by Crippen LogP contribution is -2.36. The first-order valence-electron chi connectivity index (χ1n) is 9.01. The number of aromatic nitrogens is 2. The second-order valence-corrected chi connectivity index (χ2v) is 7.00. The smallest absolute Gasteiger partial charge is 0.270 e. The van der Waals surface area contributed by atoms with Crippen LogP contribution in [0.1, 0.15) is 59.5 Å². The van der Waals surface area contributed by atoms with Gasteiger partial charge in [-0.3, -0.25) is 4.79 Å². The Balaban J connectivity index is 1.76. The Bertz CT molecular complexity index is 746. The van der Waals surface area contributed by atoms with Crippen molar-refractivity contribution in [2.75, 3.05) is 5.32 Å². The second-order valence-electron chi connectivity index (χ2n) is 7.00. The molecule has 0 atom stereocenters. The lowest BCUT2D eigenvalue weighted by Gasteiger charge is -2.22. The first-order chi connectivity index (χ1) is 12.0. The van der Waals surface area contributed by atoms with E-state index in [2.05, 4.69) is 52.6 Å². The largest absolute Gasteiger partial charge is 0.348 e. The molecule has 5 heteroatoms. The lowest BCUT2D eigenvalue weighted by molar-refractivity contribution is 0.0922. The fourth-order valence-electron chi connectivity index (χ4n) is 3.45. The Kier molecular flexibility index (Phi) is 5.31. The summed E-state index contributed by atoms with van der Waals surface area (Å²) in [5, 5.41) is 6.41. The number of hydrogen-bond donors (Lipinski definition) is 2. The van der Waals surface area contributed by atoms with E-state index in [1.807, 2.05) is 6.92 Å². The van der Waals surface area contributed by atoms with Gasteiger partial charge in [0.05, 0.1) is 0 Å². The van der Waals surface area contributed by atoms with E-state index in [-0.39, 0.29) is 11.9 Å². The van der Waals surface area contributed by atoms with Crippen molar-refractivity contribution in [2.45, 2.75) is 58.9 Å². The minimum Gasteiger partial charge on any atom is -0.348 e. The minimum absolute atomic E-state index is 0.110. The van der Waals surface area contributed by atoms with Gasteiger partial charge in [-0.15, -0.1) is 0 Å². The van der Waals surface area contributed by atoms with Crippen molar-refractivity contribution < 1.29 is 4.79 Å². The molecule has 2 N–H and O–H groups in total. The summed E-state index contributed by atoms with van der Waals surface area (Å²) in [7, 11) is 0. The molecule has 0 spiro atoms. The van der Waals surface area contributed by atoms with E-state index < -0.39 is 0 Å². The summed E-state index contributed by atoms with van der Waals surface area (Å²) >= 11 is 0. The SMILES string of the molecule is Cc1cc(C)cc(Nc2cc(C(=O)NC3CCCCC3)nc(C)n2)c1. The van der Waals surface area contributed by atoms with Crippen LogP contribution in [0.15, 0.2) is 24.3 Å². The average molecular weight is 338 g/mol. The van der Waals surface area contributed by atoms with Crippen molar-refractivity contribution in [1.82, 2.24) is 15.3 Å². The van der Waals surface area contributed by atoms with Crippen LogP contribution in [-0.2, 0) is 0 Å². The number of hydrogen-bond acceptors (Lipinski definition) is 4. The van der Waals surface area contributed by atoms with Crippen LogP contribution in [0.2, 0.25) is 0 Å². The molecule has 1 amide bonds. The number of nitrogens with zero attached hydrogens (tertiary/aromatic N) is 2. The van der Waals surface area contributed by atoms with Gasteiger partial charge in [-0.05, 0) is 56.9 Å². The van der Waals surface area contributed by atoms with Gasteiger partial charge in [0, 0.05) is 17.8 Å². The first-order valence-corrected chi connectivity index (χ1v) is 9.01. The Morgan fingerprint density at radius 1 is 0.960 bits per heavy atom. The maximum Gasteiger partial charge on any atom is 0.270 e. The van der Waals surface area contributed by atoms with Crippen LogP contribution in [0.5, 0.6) is 0 Å². The molecule has 1 saturated carbocycles. The first kappa shape index (κ1) is 17.4. The van der Waals surface area contributed by atoms with Gasteiger partial charge in [0.2, 0.25) is 0 Å². The number of nitrogens with one attached hydrogen (secondary N) is 2. The third kappa shape index (κ3) is 4.78. The van der Waals surface area contributed by atoms with Gasteiger partial charge < -0.3 is 10.6 Å². The molecule has 0 bridgehead atoms. The summed E-state index contributed by atoms with van der Waals surface area (Å²) in [5.74, 6) is 1.12. The Hall–Kier alpha value is -2.43. The zero-order valence-corrected chi connectivity index (χ0v) is 15.2. The van der Waals surface area contributed by atoms with Crippen LogP contribution in [-0.4, -0.2) is 21.9 Å². The van der Waals surface area contributed by atoms with E-state index in [4.69, 9.17) is 0 Å². The summed E-state index contributed by atoms with van der Waals surface area (Å²) in [6, 6.07) is 8.24. The van der Waals surface area contributed by atoms with Gasteiger partial charge in [0.25, 0.3) is 5.91 Å². The van der Waals surface area contributed by atoms with Crippen molar-refractivity contribution >= 4 is 17.4 Å². The number of anilines is 2. The van der Waals surface area contributed by atoms with Gasteiger partial charge in [-0.1, -0.05) is 25.3 Å². The number of benzene rings is 1. The van der Waals surface area contributed by atoms with E-state index in [0.29, 0.717) is 17.3 Å². The topological polar surface area (TPSA) is 66.9 Å². The molecule has 0 saturated heterocycles. The number of amides is 1. The van der Waals surface area contributed by atoms with Gasteiger partial charge in [0.1, 0.15) is 17.3 Å². The monoisotopic (exact) mass is 338 g/mol. The van der Waals surface area contributed by atoms with Crippen molar-refractivity contribution in [3.8, 4) is 0 Å². The Morgan fingerprint density at radius 3 is 2.32 bits per heavy atom. The molecule has 5 nitrogen and oxygen atoms in total. The standard InChI is InChI=1S/C20H26N4O/c1-13-9-14(2)11-17(10-13)23-19-12-18(21-15(3)22-19)20(25)24-16-7-5-4-6-8-16/h9-12,16H,4-8H2,1-3H3,(H,24,25)(H,21,22,23). The van der Waals surface area contributed by atoms with E-state index in [0.717, 1.165) is 18.5 Å². The van der Waals surface area contributed by atoms with Gasteiger partial charge in [-0.2, -0.15) is 0 Å². The van der Waals surface area contributed by atoms with Crippen molar-refractivity contribution in [3.63, 3.8) is 0 Å². The maximum atomic E-state index is 12.5. The molecule has 1 aliphatic carbocycles. The molecule has 0 radical (unpaired) electrons. The number of aryl methyl sites for hydroxylation is 3. The van der Waals surface area contributed by atoms with Crippen LogP contribution >= 0.6 is 0 Å². The molecule has 2 aromatic rings. The highest BCUT2D eigenvalue weighted by Crippen LogP contribution is 2.20. The predicted octanol–water partition coefficient (Wildman–Crippen LogP) is 4.21. The molecule has 3 rings (SSSR count). The van der Waals surface area contributed by atoms with E-state index in [1.165, 1.54) is 30.4 Å². The minimum atomic E-state index is -0.110. The van der Waals surface area contributed by atoms with Crippen LogP contribution in [0.25, 0.3) is 0 Å². The molecule has 0 unspecified atom stereocenters. The fourth-order valence-corrected chi connectivity index (χ4v) is 3.45. The highest BCUT2D eigenvalue weighted by atomic mass is 16.1. The summed E-state index contributed by atoms with van der Waals surface area (Å²) in [5.41, 5.74) is 3.76. The number of carbonyl (C=O) groups is 1. The van der Waals surface area contributed by atoms with Crippen molar-refractivity contribution in [1.29, 1.82) is 0 Å². The molecule has 25 heavy (non-hydrogen) atoms. The maximum absolute atomic E-state index is 12.5. The normalized spacial score (nSPS) is 15.0. The molecule has 1 aromatic carbocycles. The van der Waals surface area contributed by atoms with Crippen molar-refractivity contribution in [3.05, 3.63) is 46.9 Å². The van der Waals surface area contributed by atoms with Crippen LogP contribution in [0.3, 0.4) is 0 Å². The number of rotatable bonds is 4. The van der Waals surface area contributed by atoms with Gasteiger partial charge in [-0.25, -0.2) is 9.97 Å². The molecule has 1 aromatic heterocycles. The van der Waals surface area contributed by atoms with Crippen LogP contribution in [0.4, 0.5) is 11.5 Å². The Labute approximate surface area is 149 Å². The molecular weight excluding hydrogens is 312 g/mol. The molecular formula is C20H26N4O. The highest BCUT2D eigenvalue weighted by molar-refractivity contribution is 5.93. The van der Waals surface area contributed by atoms with Crippen molar-refractivity contribution in [2.24, 2.45) is 0 Å². The average Bonchev–Trinajstić information content (AvgIpc) is 2.54. The third-order valence-electron chi connectivity index (χ3n) is 4.51. The summed E-state index contributed by atoms with van der Waals surface area (Å²) in [4.78, 5) is 21.3. The summed E-state index contributed by atoms with van der Waals surface area (Å²) in [6.45, 7) is 5.93. The summed E-state index contributed by atoms with van der Waals surface area (Å²) in [6.07, 6.45) is 5.76. The predicted molar refractivity (Wildman–Crippen MR) is 100 cm³/mol. The molecule has 0 aliphatic heterocycles. The quantitative estimate of drug-likeness (QED) is 0.876. The molecule has 1 heterocycles. The van der Waals surface area contributed by atoms with E-state index in [1.54, 1.807) is 6.07 Å². The summed E-state index contributed by atoms with van der Waals surface area (Å²) < 4.78 is 0. The molecule has 1 aliphatic rings. The zero-order valence-electron chi connectivity index (χ0n) is 15.2. The zero-order chi connectivity index (χ0) is 17.8. The third-order valence-corrected chi connectivity index (χ3v) is 4.51. The molecule has 132 valence electrons. The van der Waals surface area contributed by atoms with Gasteiger partial charge in [0.15, 0.2) is 0 Å². The Morgan fingerprint density at radius 2 is 1.64 bits per heavy atom. The molecule has 1 fully saturated rings. The van der Waals surface area contributed by atoms with E-state index >= 15 is 0 Å². The number of carbonyl (C=O) groups excluding carboxylic acids is 1. The van der Waals surface area contributed by atoms with Crippen LogP contribution < -0.4 is 10.6 Å².